The highest BCUT2D eigenvalue weighted by atomic mass is 16.6. The van der Waals surface area contributed by atoms with E-state index in [9.17, 15) is 20.4 Å². The van der Waals surface area contributed by atoms with Crippen molar-refractivity contribution >= 4 is 0 Å². The number of unbranched alkanes of at least 4 members (excludes halogenated alkanes) is 7. The molecule has 0 aromatic rings. The summed E-state index contributed by atoms with van der Waals surface area (Å²) in [6.45, 7) is 3.19. The van der Waals surface area contributed by atoms with Crippen LogP contribution in [0, 0.1) is 0 Å². The van der Waals surface area contributed by atoms with Gasteiger partial charge in [-0.2, -0.15) is 0 Å². The van der Waals surface area contributed by atoms with Crippen molar-refractivity contribution in [3.8, 4) is 0 Å². The SMILES string of the molecule is CCCCCCCCCCC1(O)O[C@H](CO)[C@@H](O)[C@H](O)[C@@]1(C)N. The Morgan fingerprint density at radius 1 is 1.00 bits per heavy atom. The molecule has 0 amide bonds. The Morgan fingerprint density at radius 3 is 2.04 bits per heavy atom. The van der Waals surface area contributed by atoms with Crippen LogP contribution < -0.4 is 5.73 Å². The third-order valence-corrected chi connectivity index (χ3v) is 5.06. The fourth-order valence-corrected chi connectivity index (χ4v) is 3.21. The van der Waals surface area contributed by atoms with Gasteiger partial charge in [0.2, 0.25) is 0 Å². The fraction of sp³-hybridized carbons (Fsp3) is 1.00. The average Bonchev–Trinajstić information content (AvgIpc) is 2.52. The fourth-order valence-electron chi connectivity index (χ4n) is 3.21. The van der Waals surface area contributed by atoms with E-state index < -0.39 is 36.2 Å². The molecule has 0 aliphatic carbocycles. The summed E-state index contributed by atoms with van der Waals surface area (Å²) >= 11 is 0. The van der Waals surface area contributed by atoms with E-state index in [1.165, 1.54) is 39.0 Å². The van der Waals surface area contributed by atoms with Crippen LogP contribution >= 0.6 is 0 Å². The van der Waals surface area contributed by atoms with Crippen molar-refractivity contribution in [3.63, 3.8) is 0 Å². The summed E-state index contributed by atoms with van der Waals surface area (Å²) in [6.07, 6.45) is 5.55. The van der Waals surface area contributed by atoms with Crippen molar-refractivity contribution in [2.24, 2.45) is 5.73 Å². The predicted octanol–water partition coefficient (Wildman–Crippen LogP) is 1.04. The molecule has 0 bridgehead atoms. The molecule has 0 radical (unpaired) electrons. The Labute approximate surface area is 139 Å². The lowest BCUT2D eigenvalue weighted by Gasteiger charge is -2.52. The maximum atomic E-state index is 10.7. The van der Waals surface area contributed by atoms with Crippen molar-refractivity contribution < 1.29 is 25.2 Å². The van der Waals surface area contributed by atoms with Gasteiger partial charge in [0.05, 0.1) is 12.1 Å². The Hall–Kier alpha value is -0.240. The number of hydrogen-bond acceptors (Lipinski definition) is 6. The highest BCUT2D eigenvalue weighted by Crippen LogP contribution is 2.38. The van der Waals surface area contributed by atoms with E-state index in [2.05, 4.69) is 6.92 Å². The zero-order valence-corrected chi connectivity index (χ0v) is 14.6. The first kappa shape index (κ1) is 20.8. The van der Waals surface area contributed by atoms with Gasteiger partial charge >= 0.3 is 0 Å². The van der Waals surface area contributed by atoms with Gasteiger partial charge in [-0.25, -0.2) is 0 Å². The normalized spacial score (nSPS) is 38.0. The lowest BCUT2D eigenvalue weighted by Crippen LogP contribution is -2.75. The van der Waals surface area contributed by atoms with Crippen molar-refractivity contribution in [1.29, 1.82) is 0 Å². The summed E-state index contributed by atoms with van der Waals surface area (Å²) in [4.78, 5) is 0. The molecular formula is C17H35NO5. The van der Waals surface area contributed by atoms with Crippen molar-refractivity contribution in [2.75, 3.05) is 6.61 Å². The number of hydrogen-bond donors (Lipinski definition) is 5. The van der Waals surface area contributed by atoms with E-state index in [1.54, 1.807) is 0 Å². The second-order valence-electron chi connectivity index (χ2n) is 7.07. The van der Waals surface area contributed by atoms with Crippen LogP contribution in [-0.4, -0.2) is 56.7 Å². The summed E-state index contributed by atoms with van der Waals surface area (Å²) in [5.41, 5.74) is 4.55. The molecule has 1 aliphatic rings. The number of nitrogens with two attached hydrogens (primary N) is 1. The number of aliphatic hydroxyl groups excluding tert-OH is 3. The first-order valence-electron chi connectivity index (χ1n) is 8.96. The molecule has 1 heterocycles. The molecule has 1 unspecified atom stereocenters. The average molecular weight is 333 g/mol. The van der Waals surface area contributed by atoms with Gasteiger partial charge < -0.3 is 30.9 Å². The summed E-state index contributed by atoms with van der Waals surface area (Å²) in [7, 11) is 0. The maximum absolute atomic E-state index is 10.7. The van der Waals surface area contributed by atoms with E-state index >= 15 is 0 Å². The Balaban J connectivity index is 2.43. The topological polar surface area (TPSA) is 116 Å². The number of rotatable bonds is 10. The van der Waals surface area contributed by atoms with Crippen molar-refractivity contribution in [2.45, 2.75) is 101 Å². The minimum atomic E-state index is -1.75. The highest BCUT2D eigenvalue weighted by Gasteiger charge is 2.58. The molecular weight excluding hydrogens is 298 g/mol. The van der Waals surface area contributed by atoms with E-state index in [-0.39, 0.29) is 6.42 Å². The molecule has 1 rings (SSSR count). The minimum Gasteiger partial charge on any atom is -0.394 e. The quantitative estimate of drug-likeness (QED) is 0.381. The second kappa shape index (κ2) is 9.30. The molecule has 0 saturated carbocycles. The smallest absolute Gasteiger partial charge is 0.186 e. The largest absolute Gasteiger partial charge is 0.394 e. The number of ether oxygens (including phenoxy) is 1. The van der Waals surface area contributed by atoms with Crippen LogP contribution in [-0.2, 0) is 4.74 Å². The van der Waals surface area contributed by atoms with E-state index in [1.807, 2.05) is 0 Å². The molecule has 1 aliphatic heterocycles. The zero-order valence-electron chi connectivity index (χ0n) is 14.6. The molecule has 6 nitrogen and oxygen atoms in total. The van der Waals surface area contributed by atoms with Gasteiger partial charge in [0, 0.05) is 6.42 Å². The molecule has 138 valence electrons. The van der Waals surface area contributed by atoms with Gasteiger partial charge in [-0.15, -0.1) is 0 Å². The standard InChI is InChI=1S/C17H35NO5/c1-3-4-5-6-7-8-9-10-11-17(22)16(2,18)15(21)14(20)13(12-19)23-17/h13-15,19-22H,3-12,18H2,1-2H3/t13-,14-,15+,16-,17?/m1/s1. The van der Waals surface area contributed by atoms with Crippen LogP contribution in [0.15, 0.2) is 0 Å². The van der Waals surface area contributed by atoms with E-state index in [0.29, 0.717) is 0 Å². The predicted molar refractivity (Wildman–Crippen MR) is 88.7 cm³/mol. The Bertz CT molecular complexity index is 339. The monoisotopic (exact) mass is 333 g/mol. The van der Waals surface area contributed by atoms with Crippen LogP contribution in [0.1, 0.15) is 71.6 Å². The van der Waals surface area contributed by atoms with Crippen molar-refractivity contribution in [1.82, 2.24) is 0 Å². The third kappa shape index (κ3) is 5.11. The first-order chi connectivity index (χ1) is 10.8. The van der Waals surface area contributed by atoms with Gasteiger partial charge in [-0.05, 0) is 13.3 Å². The van der Waals surface area contributed by atoms with Gasteiger partial charge in [0.25, 0.3) is 0 Å². The summed E-state index contributed by atoms with van der Waals surface area (Å²) in [5, 5.41) is 40.0. The second-order valence-corrected chi connectivity index (χ2v) is 7.07. The zero-order chi connectivity index (χ0) is 17.5. The van der Waals surface area contributed by atoms with E-state index in [0.717, 1.165) is 19.3 Å². The van der Waals surface area contributed by atoms with Gasteiger partial charge in [-0.3, -0.25) is 0 Å². The van der Waals surface area contributed by atoms with Crippen LogP contribution in [0.5, 0.6) is 0 Å². The molecule has 6 N–H and O–H groups in total. The third-order valence-electron chi connectivity index (χ3n) is 5.06. The molecule has 1 saturated heterocycles. The lowest BCUT2D eigenvalue weighted by molar-refractivity contribution is -0.341. The Morgan fingerprint density at radius 2 is 1.52 bits per heavy atom. The maximum Gasteiger partial charge on any atom is 0.186 e. The molecule has 23 heavy (non-hydrogen) atoms. The lowest BCUT2D eigenvalue weighted by atomic mass is 9.77. The summed E-state index contributed by atoms with van der Waals surface area (Å²) < 4.78 is 5.45. The summed E-state index contributed by atoms with van der Waals surface area (Å²) in [5.74, 6) is -1.75. The van der Waals surface area contributed by atoms with Gasteiger partial charge in [0.15, 0.2) is 5.79 Å². The van der Waals surface area contributed by atoms with Crippen LogP contribution in [0.4, 0.5) is 0 Å². The van der Waals surface area contributed by atoms with Crippen LogP contribution in [0.3, 0.4) is 0 Å². The first-order valence-corrected chi connectivity index (χ1v) is 8.96. The van der Waals surface area contributed by atoms with Crippen molar-refractivity contribution in [3.05, 3.63) is 0 Å². The molecule has 6 heteroatoms. The van der Waals surface area contributed by atoms with Gasteiger partial charge in [-0.1, -0.05) is 51.9 Å². The molecule has 1 fully saturated rings. The minimum absolute atomic E-state index is 0.273. The molecule has 5 atom stereocenters. The number of aliphatic hydroxyl groups is 4. The van der Waals surface area contributed by atoms with E-state index in [4.69, 9.17) is 10.5 Å². The highest BCUT2D eigenvalue weighted by molar-refractivity contribution is 5.07. The summed E-state index contributed by atoms with van der Waals surface area (Å²) in [6, 6.07) is 0. The van der Waals surface area contributed by atoms with Gasteiger partial charge in [0.1, 0.15) is 18.3 Å². The molecule has 0 aromatic carbocycles. The van der Waals surface area contributed by atoms with Crippen LogP contribution in [0.2, 0.25) is 0 Å². The van der Waals surface area contributed by atoms with Crippen LogP contribution in [0.25, 0.3) is 0 Å². The molecule has 0 spiro atoms. The Kier molecular flexibility index (Phi) is 8.41. The molecule has 0 aromatic heterocycles.